The van der Waals surface area contributed by atoms with Crippen LogP contribution in [0.3, 0.4) is 0 Å². The van der Waals surface area contributed by atoms with Gasteiger partial charge in [0, 0.05) is 0 Å². The molecule has 0 saturated heterocycles. The summed E-state index contributed by atoms with van der Waals surface area (Å²) in [5.74, 6) is 2.43. The summed E-state index contributed by atoms with van der Waals surface area (Å²) in [5.41, 5.74) is 0.965. The Morgan fingerprint density at radius 1 is 0.947 bits per heavy atom. The topological polar surface area (TPSA) is 31.6 Å². The van der Waals surface area contributed by atoms with Gasteiger partial charge in [-0.25, -0.2) is 0 Å². The van der Waals surface area contributed by atoms with E-state index in [2.05, 4.69) is 0 Å². The van der Waals surface area contributed by atoms with Gasteiger partial charge in [0.05, 0.1) is 26.0 Å². The summed E-state index contributed by atoms with van der Waals surface area (Å²) in [5, 5.41) is 2.17. The maximum atomic E-state index is 5.52. The summed E-state index contributed by atoms with van der Waals surface area (Å²) in [4.78, 5) is 0. The van der Waals surface area contributed by atoms with Crippen molar-refractivity contribution in [2.24, 2.45) is 0 Å². The molecule has 3 nitrogen and oxygen atoms in total. The lowest BCUT2D eigenvalue weighted by Gasteiger charge is -2.11. The van der Waals surface area contributed by atoms with Crippen LogP contribution in [-0.4, -0.2) is 14.2 Å². The molecule has 0 atom stereocenters. The first-order valence-corrected chi connectivity index (χ1v) is 6.02. The maximum Gasteiger partial charge on any atom is 0.138 e. The fraction of sp³-hybridized carbons (Fsp3) is 0.125. The zero-order valence-corrected chi connectivity index (χ0v) is 10.8. The van der Waals surface area contributed by atoms with Crippen LogP contribution in [-0.2, 0) is 0 Å². The van der Waals surface area contributed by atoms with Gasteiger partial charge in [-0.05, 0) is 47.2 Å². The molecule has 3 aromatic rings. The van der Waals surface area contributed by atoms with E-state index in [-0.39, 0.29) is 0 Å². The molecule has 0 saturated carbocycles. The minimum Gasteiger partial charge on any atom is -0.497 e. The number of fused-ring (bicyclic) bond motifs is 1. The predicted molar refractivity (Wildman–Crippen MR) is 74.8 cm³/mol. The van der Waals surface area contributed by atoms with E-state index >= 15 is 0 Å². The highest BCUT2D eigenvalue weighted by Crippen LogP contribution is 2.38. The number of hydrogen-bond acceptors (Lipinski definition) is 3. The van der Waals surface area contributed by atoms with Crippen LogP contribution in [0.5, 0.6) is 11.5 Å². The Kier molecular flexibility index (Phi) is 2.88. The molecule has 0 radical (unpaired) electrons. The highest BCUT2D eigenvalue weighted by atomic mass is 16.5. The van der Waals surface area contributed by atoms with E-state index in [1.165, 1.54) is 0 Å². The van der Waals surface area contributed by atoms with E-state index in [4.69, 9.17) is 13.9 Å². The maximum absolute atomic E-state index is 5.52. The standard InChI is InChI=1S/C16H14O3/c1-17-12-6-7-13-11(10-12)5-8-14(18-2)16(13)15-4-3-9-19-15/h3-10H,1-2H3. The third kappa shape index (κ3) is 1.93. The van der Waals surface area contributed by atoms with Crippen molar-refractivity contribution >= 4 is 10.8 Å². The molecule has 0 bridgehead atoms. The zero-order chi connectivity index (χ0) is 13.2. The predicted octanol–water partition coefficient (Wildman–Crippen LogP) is 4.12. The zero-order valence-electron chi connectivity index (χ0n) is 10.8. The largest absolute Gasteiger partial charge is 0.497 e. The molecule has 0 unspecified atom stereocenters. The molecular formula is C16H14O3. The minimum absolute atomic E-state index is 0.799. The van der Waals surface area contributed by atoms with E-state index < -0.39 is 0 Å². The Balaban J connectivity index is 2.32. The molecule has 2 aromatic carbocycles. The van der Waals surface area contributed by atoms with E-state index in [0.29, 0.717) is 0 Å². The summed E-state index contributed by atoms with van der Waals surface area (Å²) in [6.07, 6.45) is 1.66. The molecule has 0 fully saturated rings. The molecule has 0 aliphatic carbocycles. The average Bonchev–Trinajstić information content (AvgIpc) is 2.99. The molecule has 0 N–H and O–H groups in total. The van der Waals surface area contributed by atoms with Crippen molar-refractivity contribution < 1.29 is 13.9 Å². The first kappa shape index (κ1) is 11.7. The SMILES string of the molecule is COc1ccc2c(-c3ccco3)c(OC)ccc2c1. The highest BCUT2D eigenvalue weighted by Gasteiger charge is 2.13. The van der Waals surface area contributed by atoms with Gasteiger partial charge >= 0.3 is 0 Å². The summed E-state index contributed by atoms with van der Waals surface area (Å²) in [6.45, 7) is 0. The van der Waals surface area contributed by atoms with Crippen LogP contribution < -0.4 is 9.47 Å². The third-order valence-corrected chi connectivity index (χ3v) is 3.18. The van der Waals surface area contributed by atoms with Crippen LogP contribution in [0.4, 0.5) is 0 Å². The molecule has 19 heavy (non-hydrogen) atoms. The van der Waals surface area contributed by atoms with Crippen LogP contribution in [0.15, 0.2) is 53.1 Å². The molecule has 3 heteroatoms. The van der Waals surface area contributed by atoms with Gasteiger partial charge in [-0.15, -0.1) is 0 Å². The highest BCUT2D eigenvalue weighted by molar-refractivity contribution is 5.99. The van der Waals surface area contributed by atoms with Crippen molar-refractivity contribution in [3.8, 4) is 22.8 Å². The number of rotatable bonds is 3. The molecular weight excluding hydrogens is 240 g/mol. The smallest absolute Gasteiger partial charge is 0.138 e. The van der Waals surface area contributed by atoms with Crippen molar-refractivity contribution in [2.45, 2.75) is 0 Å². The fourth-order valence-corrected chi connectivity index (χ4v) is 2.26. The van der Waals surface area contributed by atoms with Gasteiger partial charge in [0.2, 0.25) is 0 Å². The Morgan fingerprint density at radius 2 is 1.84 bits per heavy atom. The van der Waals surface area contributed by atoms with Crippen molar-refractivity contribution in [3.63, 3.8) is 0 Å². The summed E-state index contributed by atoms with van der Waals surface area (Å²) in [7, 11) is 3.33. The summed E-state index contributed by atoms with van der Waals surface area (Å²) >= 11 is 0. The summed E-state index contributed by atoms with van der Waals surface area (Å²) in [6, 6.07) is 13.7. The first-order valence-electron chi connectivity index (χ1n) is 6.02. The van der Waals surface area contributed by atoms with Crippen LogP contribution in [0.1, 0.15) is 0 Å². The van der Waals surface area contributed by atoms with E-state index in [1.807, 2.05) is 42.5 Å². The van der Waals surface area contributed by atoms with Gasteiger partial charge in [0.1, 0.15) is 17.3 Å². The Hall–Kier alpha value is -2.42. The average molecular weight is 254 g/mol. The Morgan fingerprint density at radius 3 is 2.53 bits per heavy atom. The normalized spacial score (nSPS) is 10.6. The van der Waals surface area contributed by atoms with Gasteiger partial charge in [0.25, 0.3) is 0 Å². The van der Waals surface area contributed by atoms with E-state index in [1.54, 1.807) is 20.5 Å². The van der Waals surface area contributed by atoms with Gasteiger partial charge in [-0.3, -0.25) is 0 Å². The molecule has 0 aliphatic heterocycles. The number of furan rings is 1. The molecule has 0 amide bonds. The number of hydrogen-bond donors (Lipinski definition) is 0. The lowest BCUT2D eigenvalue weighted by atomic mass is 10.0. The van der Waals surface area contributed by atoms with Crippen molar-refractivity contribution in [2.75, 3.05) is 14.2 Å². The second-order valence-corrected chi connectivity index (χ2v) is 4.21. The molecule has 96 valence electrons. The van der Waals surface area contributed by atoms with Gasteiger partial charge in [-0.2, -0.15) is 0 Å². The molecule has 0 aliphatic rings. The lowest BCUT2D eigenvalue weighted by molar-refractivity contribution is 0.414. The number of methoxy groups -OCH3 is 2. The van der Waals surface area contributed by atoms with Crippen LogP contribution >= 0.6 is 0 Å². The van der Waals surface area contributed by atoms with Crippen LogP contribution in [0.2, 0.25) is 0 Å². The fourth-order valence-electron chi connectivity index (χ4n) is 2.26. The minimum atomic E-state index is 0.799. The molecule has 1 aromatic heterocycles. The molecule has 1 heterocycles. The molecule has 0 spiro atoms. The second kappa shape index (κ2) is 4.69. The monoisotopic (exact) mass is 254 g/mol. The molecule has 3 rings (SSSR count). The first-order chi connectivity index (χ1) is 9.33. The van der Waals surface area contributed by atoms with Crippen molar-refractivity contribution in [3.05, 3.63) is 48.7 Å². The van der Waals surface area contributed by atoms with E-state index in [9.17, 15) is 0 Å². The summed E-state index contributed by atoms with van der Waals surface area (Å²) < 4.78 is 16.2. The van der Waals surface area contributed by atoms with Crippen LogP contribution in [0, 0.1) is 0 Å². The van der Waals surface area contributed by atoms with Gasteiger partial charge in [0.15, 0.2) is 0 Å². The third-order valence-electron chi connectivity index (χ3n) is 3.18. The lowest BCUT2D eigenvalue weighted by Crippen LogP contribution is -1.89. The second-order valence-electron chi connectivity index (χ2n) is 4.21. The number of ether oxygens (including phenoxy) is 2. The van der Waals surface area contributed by atoms with Crippen molar-refractivity contribution in [1.82, 2.24) is 0 Å². The Bertz CT molecular complexity index is 699. The van der Waals surface area contributed by atoms with E-state index in [0.717, 1.165) is 33.6 Å². The van der Waals surface area contributed by atoms with Gasteiger partial charge in [-0.1, -0.05) is 6.07 Å². The van der Waals surface area contributed by atoms with Gasteiger partial charge < -0.3 is 13.9 Å². The van der Waals surface area contributed by atoms with Crippen LogP contribution in [0.25, 0.3) is 22.1 Å². The Labute approximate surface area is 111 Å². The van der Waals surface area contributed by atoms with Crippen molar-refractivity contribution in [1.29, 1.82) is 0 Å². The number of benzene rings is 2. The quantitative estimate of drug-likeness (QED) is 0.704.